The second-order valence-corrected chi connectivity index (χ2v) is 5.51. The Morgan fingerprint density at radius 3 is 1.29 bits per heavy atom. The van der Waals surface area contributed by atoms with E-state index >= 15 is 0 Å². The van der Waals surface area contributed by atoms with Crippen molar-refractivity contribution >= 4 is 23.2 Å². The first-order valence-electron chi connectivity index (χ1n) is 7.84. The van der Waals surface area contributed by atoms with Crippen molar-refractivity contribution in [2.24, 2.45) is 0 Å². The van der Waals surface area contributed by atoms with Crippen LogP contribution in [0.15, 0.2) is 54.6 Å². The molecule has 0 unspecified atom stereocenters. The van der Waals surface area contributed by atoms with Crippen LogP contribution >= 0.6 is 0 Å². The summed E-state index contributed by atoms with van der Waals surface area (Å²) in [5, 5.41) is 4.05. The zero-order valence-electron chi connectivity index (χ0n) is 14.0. The third-order valence-corrected chi connectivity index (χ3v) is 3.62. The summed E-state index contributed by atoms with van der Waals surface area (Å²) >= 11 is 0. The van der Waals surface area contributed by atoms with Gasteiger partial charge in [-0.3, -0.25) is 9.59 Å². The number of amides is 2. The number of nitrogens with zero attached hydrogens (tertiary/aromatic N) is 1. The number of aromatic nitrogens is 1. The van der Waals surface area contributed by atoms with Crippen molar-refractivity contribution in [3.8, 4) is 0 Å². The van der Waals surface area contributed by atoms with Gasteiger partial charge in [0.15, 0.2) is 0 Å². The Morgan fingerprint density at radius 2 is 0.929 bits per heavy atom. The maximum atomic E-state index is 13.6. The van der Waals surface area contributed by atoms with Gasteiger partial charge in [-0.1, -0.05) is 18.2 Å². The molecule has 5 nitrogen and oxygen atoms in total. The third-order valence-electron chi connectivity index (χ3n) is 3.62. The second kappa shape index (κ2) is 7.87. The van der Waals surface area contributed by atoms with Crippen LogP contribution in [-0.2, 0) is 0 Å². The molecule has 0 aliphatic heterocycles. The Kier molecular flexibility index (Phi) is 5.35. The molecule has 0 aliphatic carbocycles. The van der Waals surface area contributed by atoms with Crippen LogP contribution in [0.1, 0.15) is 21.0 Å². The summed E-state index contributed by atoms with van der Waals surface area (Å²) in [6.45, 7) is 0. The lowest BCUT2D eigenvalue weighted by Crippen LogP contribution is -2.20. The Hall–Kier alpha value is -3.75. The highest BCUT2D eigenvalue weighted by Crippen LogP contribution is 2.20. The number of hydrogen-bond acceptors (Lipinski definition) is 3. The van der Waals surface area contributed by atoms with Crippen molar-refractivity contribution < 1.29 is 27.2 Å². The Balaban J connectivity index is 1.82. The van der Waals surface area contributed by atoms with E-state index in [2.05, 4.69) is 4.98 Å². The molecule has 0 spiro atoms. The molecule has 0 fully saturated rings. The summed E-state index contributed by atoms with van der Waals surface area (Å²) in [7, 11) is 0. The largest absolute Gasteiger partial charge is 0.316 e. The predicted octanol–water partition coefficient (Wildman–Crippen LogP) is 4.14. The molecule has 1 heterocycles. The Bertz CT molecular complexity index is 952. The molecule has 0 saturated carbocycles. The molecule has 3 aromatic rings. The van der Waals surface area contributed by atoms with E-state index in [-0.39, 0.29) is 11.4 Å². The topological polar surface area (TPSA) is 71.1 Å². The van der Waals surface area contributed by atoms with Crippen molar-refractivity contribution in [1.29, 1.82) is 0 Å². The van der Waals surface area contributed by atoms with E-state index in [1.54, 1.807) is 0 Å². The molecule has 0 saturated heterocycles. The average molecular weight is 389 g/mol. The minimum atomic E-state index is -0.989. The number of halogens is 4. The van der Waals surface area contributed by atoms with Crippen molar-refractivity contribution in [2.75, 3.05) is 10.6 Å². The first-order chi connectivity index (χ1) is 13.4. The van der Waals surface area contributed by atoms with Crippen LogP contribution in [0, 0.1) is 23.3 Å². The molecule has 2 amide bonds. The van der Waals surface area contributed by atoms with Gasteiger partial charge in [0.1, 0.15) is 46.0 Å². The van der Waals surface area contributed by atoms with Crippen molar-refractivity contribution in [3.63, 3.8) is 0 Å². The van der Waals surface area contributed by atoms with Gasteiger partial charge in [-0.15, -0.1) is 0 Å². The quantitative estimate of drug-likeness (QED) is 0.659. The van der Waals surface area contributed by atoms with Gasteiger partial charge < -0.3 is 10.6 Å². The van der Waals surface area contributed by atoms with Crippen LogP contribution in [0.3, 0.4) is 0 Å². The van der Waals surface area contributed by atoms with E-state index < -0.39 is 46.5 Å². The van der Waals surface area contributed by atoms with Gasteiger partial charge in [0, 0.05) is 0 Å². The molecular formula is C19H11F4N3O2. The van der Waals surface area contributed by atoms with Gasteiger partial charge in [0.05, 0.1) is 0 Å². The van der Waals surface area contributed by atoms with Crippen LogP contribution in [0.4, 0.5) is 28.9 Å². The number of benzene rings is 2. The number of hydrogen-bond donors (Lipinski definition) is 2. The first-order valence-corrected chi connectivity index (χ1v) is 7.84. The molecule has 0 atom stereocenters. The lowest BCUT2D eigenvalue weighted by atomic mass is 10.2. The third kappa shape index (κ3) is 3.98. The molecule has 2 aromatic carbocycles. The van der Waals surface area contributed by atoms with Gasteiger partial charge in [-0.2, -0.15) is 0 Å². The zero-order valence-corrected chi connectivity index (χ0v) is 14.0. The number of carbonyl (C=O) groups is 2. The molecule has 142 valence electrons. The molecule has 0 radical (unpaired) electrons. The fourth-order valence-electron chi connectivity index (χ4n) is 2.28. The summed E-state index contributed by atoms with van der Waals surface area (Å²) in [6.07, 6.45) is 0. The number of para-hydroxylation sites is 2. The summed E-state index contributed by atoms with van der Waals surface area (Å²) < 4.78 is 54.6. The molecule has 0 aliphatic rings. The monoisotopic (exact) mass is 389 g/mol. The molecular weight excluding hydrogens is 378 g/mol. The van der Waals surface area contributed by atoms with Crippen LogP contribution in [-0.4, -0.2) is 16.8 Å². The van der Waals surface area contributed by atoms with E-state index in [0.29, 0.717) is 0 Å². The van der Waals surface area contributed by atoms with E-state index in [1.807, 2.05) is 10.6 Å². The smallest absolute Gasteiger partial charge is 0.274 e. The van der Waals surface area contributed by atoms with Crippen LogP contribution in [0.5, 0.6) is 0 Å². The molecule has 9 heteroatoms. The Morgan fingerprint density at radius 1 is 0.607 bits per heavy atom. The highest BCUT2D eigenvalue weighted by Gasteiger charge is 2.18. The first kappa shape index (κ1) is 19.0. The molecule has 28 heavy (non-hydrogen) atoms. The van der Waals surface area contributed by atoms with Crippen molar-refractivity contribution in [3.05, 3.63) is 89.3 Å². The maximum absolute atomic E-state index is 13.6. The molecule has 2 N–H and O–H groups in total. The normalized spacial score (nSPS) is 10.4. The summed E-state index contributed by atoms with van der Waals surface area (Å²) in [5.41, 5.74) is -2.00. The minimum Gasteiger partial charge on any atom is -0.316 e. The number of anilines is 2. The van der Waals surface area contributed by atoms with Gasteiger partial charge >= 0.3 is 0 Å². The van der Waals surface area contributed by atoms with Crippen molar-refractivity contribution in [1.82, 2.24) is 4.98 Å². The van der Waals surface area contributed by atoms with Crippen molar-refractivity contribution in [2.45, 2.75) is 0 Å². The van der Waals surface area contributed by atoms with Gasteiger partial charge in [0.2, 0.25) is 0 Å². The molecule has 3 rings (SSSR count). The lowest BCUT2D eigenvalue weighted by molar-refractivity contribution is 0.101. The number of carbonyl (C=O) groups excluding carboxylic acids is 2. The van der Waals surface area contributed by atoms with E-state index in [0.717, 1.165) is 36.4 Å². The standard InChI is InChI=1S/C19H11F4N3O2/c20-10-4-1-5-11(21)16(10)25-18(27)14-8-3-9-15(24-14)19(28)26-17-12(22)6-2-7-13(17)23/h1-9H,(H,25,27)(H,26,28). The fourth-order valence-corrected chi connectivity index (χ4v) is 2.28. The summed E-state index contributed by atoms with van der Waals surface area (Å²) in [4.78, 5) is 28.2. The SMILES string of the molecule is O=C(Nc1c(F)cccc1F)c1cccc(C(=O)Nc2c(F)cccc2F)n1. The average Bonchev–Trinajstić information content (AvgIpc) is 2.67. The van der Waals surface area contributed by atoms with E-state index in [9.17, 15) is 27.2 Å². The fraction of sp³-hybridized carbons (Fsp3) is 0. The number of pyridine rings is 1. The predicted molar refractivity (Wildman–Crippen MR) is 92.9 cm³/mol. The van der Waals surface area contributed by atoms with Gasteiger partial charge in [-0.05, 0) is 36.4 Å². The second-order valence-electron chi connectivity index (χ2n) is 5.51. The highest BCUT2D eigenvalue weighted by molar-refractivity contribution is 6.06. The summed E-state index contributed by atoms with van der Waals surface area (Å²) in [6, 6.07) is 9.78. The Labute approximate surface area is 156 Å². The molecule has 1 aromatic heterocycles. The van der Waals surface area contributed by atoms with E-state index in [4.69, 9.17) is 0 Å². The van der Waals surface area contributed by atoms with Crippen LogP contribution < -0.4 is 10.6 Å². The zero-order chi connectivity index (χ0) is 20.3. The van der Waals surface area contributed by atoms with Gasteiger partial charge in [0.25, 0.3) is 11.8 Å². The van der Waals surface area contributed by atoms with Crippen LogP contribution in [0.25, 0.3) is 0 Å². The lowest BCUT2D eigenvalue weighted by Gasteiger charge is -2.09. The minimum absolute atomic E-state index is 0.329. The van der Waals surface area contributed by atoms with E-state index in [1.165, 1.54) is 18.2 Å². The van der Waals surface area contributed by atoms with Gasteiger partial charge in [-0.25, -0.2) is 22.5 Å². The number of nitrogens with one attached hydrogen (secondary N) is 2. The maximum Gasteiger partial charge on any atom is 0.274 e. The highest BCUT2D eigenvalue weighted by atomic mass is 19.1. The molecule has 0 bridgehead atoms. The number of rotatable bonds is 4. The summed E-state index contributed by atoms with van der Waals surface area (Å²) in [5.74, 6) is -5.91. The van der Waals surface area contributed by atoms with Crippen LogP contribution in [0.2, 0.25) is 0 Å².